The van der Waals surface area contributed by atoms with Crippen LogP contribution in [-0.2, 0) is 65.4 Å². The molecule has 0 aliphatic rings. The second-order valence-corrected chi connectivity index (χ2v) is 27.7. The van der Waals surface area contributed by atoms with Gasteiger partial charge >= 0.3 is 39.5 Å². The van der Waals surface area contributed by atoms with E-state index in [-0.39, 0.29) is 25.7 Å². The molecule has 0 radical (unpaired) electrons. The first-order chi connectivity index (χ1) is 40.9. The number of rotatable bonds is 65. The van der Waals surface area contributed by atoms with E-state index in [9.17, 15) is 43.2 Å². The van der Waals surface area contributed by atoms with Crippen LogP contribution in [0.3, 0.4) is 0 Å². The van der Waals surface area contributed by atoms with Gasteiger partial charge in [0.1, 0.15) is 19.3 Å². The molecule has 3 N–H and O–H groups in total. The number of unbranched alkanes of at least 4 members (excludes halogenated alkanes) is 35. The fourth-order valence-corrected chi connectivity index (χ4v) is 11.5. The third-order valence-corrected chi connectivity index (χ3v) is 17.1. The van der Waals surface area contributed by atoms with E-state index in [1.807, 2.05) is 0 Å². The van der Waals surface area contributed by atoms with Crippen LogP contribution in [0.15, 0.2) is 0 Å². The maximum absolute atomic E-state index is 13.0. The number of aliphatic hydroxyl groups is 1. The summed E-state index contributed by atoms with van der Waals surface area (Å²) in [4.78, 5) is 72.2. The van der Waals surface area contributed by atoms with E-state index in [2.05, 4.69) is 41.5 Å². The molecule has 0 spiro atoms. The van der Waals surface area contributed by atoms with Crippen LogP contribution in [0.4, 0.5) is 0 Å². The van der Waals surface area contributed by atoms with Crippen LogP contribution in [-0.4, -0.2) is 96.7 Å². The van der Waals surface area contributed by atoms with Crippen molar-refractivity contribution in [2.24, 2.45) is 11.8 Å². The molecule has 0 aromatic heterocycles. The zero-order valence-corrected chi connectivity index (χ0v) is 56.7. The number of hydrogen-bond donors (Lipinski definition) is 3. The van der Waals surface area contributed by atoms with E-state index < -0.39 is 97.5 Å². The maximum atomic E-state index is 13.0. The summed E-state index contributed by atoms with van der Waals surface area (Å²) >= 11 is 0. The van der Waals surface area contributed by atoms with Gasteiger partial charge < -0.3 is 33.8 Å². The van der Waals surface area contributed by atoms with Gasteiger partial charge in [-0.15, -0.1) is 0 Å². The molecule has 0 aromatic carbocycles. The van der Waals surface area contributed by atoms with Crippen molar-refractivity contribution in [1.29, 1.82) is 0 Å². The SMILES string of the molecule is CCCCCCCCCCCCCCCCCCCC(=O)O[C@H](COC(=O)CCCCCCCCCCCC(C)C)COP(=O)(O)OC[C@@H](O)COP(=O)(O)OC[C@@H](COC(=O)CCCCCCCCC)OC(=O)CCCCCCCCC(C)C. The molecule has 85 heavy (non-hydrogen) atoms. The van der Waals surface area contributed by atoms with Crippen LogP contribution < -0.4 is 0 Å². The molecule has 19 heteroatoms. The number of hydrogen-bond acceptors (Lipinski definition) is 15. The highest BCUT2D eigenvalue weighted by Gasteiger charge is 2.30. The number of phosphoric acid groups is 2. The summed E-state index contributed by atoms with van der Waals surface area (Å²) in [6, 6.07) is 0. The molecule has 2 unspecified atom stereocenters. The molecule has 0 amide bonds. The molecule has 0 rings (SSSR count). The van der Waals surface area contributed by atoms with Crippen LogP contribution in [0.2, 0.25) is 0 Å². The second-order valence-electron chi connectivity index (χ2n) is 24.8. The van der Waals surface area contributed by atoms with Gasteiger partial charge in [0.15, 0.2) is 12.2 Å². The first-order valence-electron chi connectivity index (χ1n) is 34.5. The summed E-state index contributed by atoms with van der Waals surface area (Å²) in [6.07, 6.45) is 42.0. The van der Waals surface area contributed by atoms with E-state index >= 15 is 0 Å². The van der Waals surface area contributed by atoms with Crippen molar-refractivity contribution in [2.75, 3.05) is 39.6 Å². The van der Waals surface area contributed by atoms with Crippen molar-refractivity contribution in [3.05, 3.63) is 0 Å². The van der Waals surface area contributed by atoms with E-state index in [1.165, 1.54) is 135 Å². The van der Waals surface area contributed by atoms with E-state index in [0.29, 0.717) is 31.6 Å². The zero-order valence-electron chi connectivity index (χ0n) is 54.9. The van der Waals surface area contributed by atoms with Crippen LogP contribution in [0, 0.1) is 11.8 Å². The molecule has 0 saturated carbocycles. The molecular formula is C66H128O17P2. The monoisotopic (exact) mass is 1250 g/mol. The predicted molar refractivity (Wildman–Crippen MR) is 340 cm³/mol. The van der Waals surface area contributed by atoms with Gasteiger partial charge in [0.25, 0.3) is 0 Å². The molecule has 0 saturated heterocycles. The fourth-order valence-electron chi connectivity index (χ4n) is 9.88. The van der Waals surface area contributed by atoms with E-state index in [0.717, 1.165) is 109 Å². The maximum Gasteiger partial charge on any atom is 0.472 e. The molecule has 0 aliphatic carbocycles. The van der Waals surface area contributed by atoms with Gasteiger partial charge in [-0.1, -0.05) is 279 Å². The van der Waals surface area contributed by atoms with Crippen LogP contribution in [0.25, 0.3) is 0 Å². The van der Waals surface area contributed by atoms with Gasteiger partial charge in [-0.2, -0.15) is 0 Å². The summed E-state index contributed by atoms with van der Waals surface area (Å²) in [5.41, 5.74) is 0. The molecule has 0 fully saturated rings. The highest BCUT2D eigenvalue weighted by Crippen LogP contribution is 2.45. The molecule has 0 aliphatic heterocycles. The largest absolute Gasteiger partial charge is 0.472 e. The highest BCUT2D eigenvalue weighted by molar-refractivity contribution is 7.47. The van der Waals surface area contributed by atoms with Crippen molar-refractivity contribution >= 4 is 39.5 Å². The van der Waals surface area contributed by atoms with Gasteiger partial charge in [-0.05, 0) is 37.5 Å². The average molecular weight is 1260 g/mol. The normalized spacial score (nSPS) is 14.2. The first kappa shape index (κ1) is 83.1. The van der Waals surface area contributed by atoms with Gasteiger partial charge in [-0.3, -0.25) is 37.3 Å². The van der Waals surface area contributed by atoms with Gasteiger partial charge in [0.2, 0.25) is 0 Å². The molecule has 17 nitrogen and oxygen atoms in total. The Morgan fingerprint density at radius 3 is 0.800 bits per heavy atom. The number of carbonyl (C=O) groups excluding carboxylic acids is 4. The summed E-state index contributed by atoms with van der Waals surface area (Å²) in [6.45, 7) is 9.36. The molecule has 0 aromatic rings. The Morgan fingerprint density at radius 1 is 0.318 bits per heavy atom. The minimum absolute atomic E-state index is 0.102. The van der Waals surface area contributed by atoms with E-state index in [1.54, 1.807) is 0 Å². The van der Waals surface area contributed by atoms with Gasteiger partial charge in [0.05, 0.1) is 26.4 Å². The quantitative estimate of drug-likeness (QED) is 0.0222. The summed E-state index contributed by atoms with van der Waals surface area (Å²) in [5, 5.41) is 10.5. The average Bonchev–Trinajstić information content (AvgIpc) is 3.49. The lowest BCUT2D eigenvalue weighted by Crippen LogP contribution is -2.30. The number of esters is 4. The lowest BCUT2D eigenvalue weighted by Gasteiger charge is -2.21. The smallest absolute Gasteiger partial charge is 0.462 e. The Labute approximate surface area is 517 Å². The predicted octanol–water partition coefficient (Wildman–Crippen LogP) is 18.4. The molecule has 504 valence electrons. The third kappa shape index (κ3) is 60.7. The molecule has 5 atom stereocenters. The van der Waals surface area contributed by atoms with Gasteiger partial charge in [-0.25, -0.2) is 9.13 Å². The number of phosphoric ester groups is 2. The zero-order chi connectivity index (χ0) is 62.9. The van der Waals surface area contributed by atoms with Crippen LogP contribution >= 0.6 is 15.6 Å². The topological polar surface area (TPSA) is 237 Å². The van der Waals surface area contributed by atoms with E-state index in [4.69, 9.17) is 37.0 Å². The summed E-state index contributed by atoms with van der Waals surface area (Å²) in [5.74, 6) is -0.725. The Balaban J connectivity index is 5.19. The Hall–Kier alpha value is -1.94. The number of carbonyl (C=O) groups is 4. The number of aliphatic hydroxyl groups excluding tert-OH is 1. The lowest BCUT2D eigenvalue weighted by molar-refractivity contribution is -0.161. The van der Waals surface area contributed by atoms with Crippen LogP contribution in [0.1, 0.15) is 330 Å². The Kier molecular flexibility index (Phi) is 57.1. The molecule has 0 bridgehead atoms. The lowest BCUT2D eigenvalue weighted by atomic mass is 10.0. The first-order valence-corrected chi connectivity index (χ1v) is 37.5. The van der Waals surface area contributed by atoms with Crippen molar-refractivity contribution in [2.45, 2.75) is 349 Å². The fraction of sp³-hybridized carbons (Fsp3) is 0.939. The highest BCUT2D eigenvalue weighted by atomic mass is 31.2. The summed E-state index contributed by atoms with van der Waals surface area (Å²) < 4.78 is 68.0. The molecule has 0 heterocycles. The van der Waals surface area contributed by atoms with Crippen molar-refractivity contribution in [1.82, 2.24) is 0 Å². The van der Waals surface area contributed by atoms with Crippen molar-refractivity contribution in [3.8, 4) is 0 Å². The Morgan fingerprint density at radius 2 is 0.541 bits per heavy atom. The Bertz CT molecular complexity index is 1670. The number of ether oxygens (including phenoxy) is 4. The van der Waals surface area contributed by atoms with Gasteiger partial charge in [0, 0.05) is 25.7 Å². The second kappa shape index (κ2) is 58.4. The standard InChI is InChI=1S/C66H128O17P2/c1-7-9-11-13-15-16-17-18-19-20-21-22-23-26-31-38-44-50-65(70)82-61(55-77-64(69)49-43-37-30-27-24-25-29-34-40-46-58(3)4)56-80-84(72,73)78-52-60(67)53-79-85(74,75)81-57-62(54-76-63(68)48-42-36-28-14-12-10-8-2)83-66(71)51-45-39-33-32-35-41-47-59(5)6/h58-62,67H,7-57H2,1-6H3,(H,72,73)(H,74,75)/t60-,61-,62-/m1/s1. The third-order valence-electron chi connectivity index (χ3n) is 15.2. The molecular weight excluding hydrogens is 1130 g/mol. The summed E-state index contributed by atoms with van der Waals surface area (Å²) in [7, 11) is -9.89. The van der Waals surface area contributed by atoms with Crippen molar-refractivity contribution < 1.29 is 80.2 Å². The van der Waals surface area contributed by atoms with Crippen molar-refractivity contribution in [3.63, 3.8) is 0 Å². The minimum atomic E-state index is -4.95. The van der Waals surface area contributed by atoms with Crippen LogP contribution in [0.5, 0.6) is 0 Å². The minimum Gasteiger partial charge on any atom is -0.462 e.